The zero-order valence-electron chi connectivity index (χ0n) is 15.3. The summed E-state index contributed by atoms with van der Waals surface area (Å²) < 4.78 is 27.9. The van der Waals surface area contributed by atoms with E-state index in [4.69, 9.17) is 23.2 Å². The van der Waals surface area contributed by atoms with Gasteiger partial charge in [-0.25, -0.2) is 8.42 Å². The molecule has 29 heavy (non-hydrogen) atoms. The predicted molar refractivity (Wildman–Crippen MR) is 114 cm³/mol. The van der Waals surface area contributed by atoms with Crippen molar-refractivity contribution in [3.05, 3.63) is 87.7 Å². The minimum Gasteiger partial charge on any atom is -0.348 e. The number of aromatic nitrogens is 1. The Kier molecular flexibility index (Phi) is 6.42. The third-order valence-corrected chi connectivity index (χ3v) is 6.21. The first kappa shape index (κ1) is 21.1. The number of aryl methyl sites for hydroxylation is 1. The lowest BCUT2D eigenvalue weighted by Gasteiger charge is -2.12. The van der Waals surface area contributed by atoms with Gasteiger partial charge in [-0.15, -0.1) is 0 Å². The number of sulfonamides is 1. The number of amides is 1. The first-order chi connectivity index (χ1) is 13.8. The number of benzene rings is 2. The van der Waals surface area contributed by atoms with Crippen LogP contribution in [0.5, 0.6) is 0 Å². The third-order valence-electron chi connectivity index (χ3n) is 4.09. The van der Waals surface area contributed by atoms with E-state index in [2.05, 4.69) is 15.0 Å². The van der Waals surface area contributed by atoms with E-state index >= 15 is 0 Å². The van der Waals surface area contributed by atoms with E-state index in [1.54, 1.807) is 30.6 Å². The summed E-state index contributed by atoms with van der Waals surface area (Å²) >= 11 is 12.2. The summed E-state index contributed by atoms with van der Waals surface area (Å²) in [6, 6.07) is 12.3. The second kappa shape index (κ2) is 8.82. The van der Waals surface area contributed by atoms with Crippen molar-refractivity contribution in [2.75, 3.05) is 4.72 Å². The monoisotopic (exact) mass is 449 g/mol. The van der Waals surface area contributed by atoms with Gasteiger partial charge in [-0.2, -0.15) is 0 Å². The second-order valence-corrected chi connectivity index (χ2v) is 8.75. The third kappa shape index (κ3) is 5.26. The van der Waals surface area contributed by atoms with Crippen LogP contribution in [0.3, 0.4) is 0 Å². The fourth-order valence-electron chi connectivity index (χ4n) is 2.50. The molecular formula is C20H17Cl2N3O3S. The second-order valence-electron chi connectivity index (χ2n) is 6.26. The van der Waals surface area contributed by atoms with Gasteiger partial charge in [-0.1, -0.05) is 35.3 Å². The Hall–Kier alpha value is -2.61. The van der Waals surface area contributed by atoms with Crippen LogP contribution >= 0.6 is 23.2 Å². The van der Waals surface area contributed by atoms with Gasteiger partial charge in [0, 0.05) is 24.0 Å². The fraction of sp³-hybridized carbons (Fsp3) is 0.100. The molecule has 0 saturated carbocycles. The molecule has 0 saturated heterocycles. The van der Waals surface area contributed by atoms with Gasteiger partial charge in [0.15, 0.2) is 0 Å². The van der Waals surface area contributed by atoms with Gasteiger partial charge in [-0.05, 0) is 54.4 Å². The van der Waals surface area contributed by atoms with Crippen LogP contribution in [0.15, 0.2) is 65.8 Å². The van der Waals surface area contributed by atoms with Gasteiger partial charge in [-0.3, -0.25) is 14.5 Å². The van der Waals surface area contributed by atoms with Crippen molar-refractivity contribution in [1.29, 1.82) is 0 Å². The van der Waals surface area contributed by atoms with Crippen molar-refractivity contribution in [2.45, 2.75) is 18.4 Å². The highest BCUT2D eigenvalue weighted by molar-refractivity contribution is 7.92. The minimum absolute atomic E-state index is 0.0559. The molecule has 9 heteroatoms. The average molecular weight is 450 g/mol. The number of anilines is 1. The lowest BCUT2D eigenvalue weighted by atomic mass is 10.2. The number of nitrogens with one attached hydrogen (secondary N) is 2. The SMILES string of the molecule is Cc1ccc(NS(=O)(=O)c2ccc(Cl)c(C(=O)NCc3cccnc3)c2)cc1Cl. The number of nitrogens with zero attached hydrogens (tertiary/aromatic N) is 1. The zero-order valence-corrected chi connectivity index (χ0v) is 17.6. The summed E-state index contributed by atoms with van der Waals surface area (Å²) in [5.74, 6) is -0.491. The molecule has 0 aliphatic rings. The molecule has 0 unspecified atom stereocenters. The Bertz CT molecular complexity index is 1150. The number of hydrogen-bond donors (Lipinski definition) is 2. The van der Waals surface area contributed by atoms with E-state index < -0.39 is 15.9 Å². The molecule has 0 aliphatic carbocycles. The van der Waals surface area contributed by atoms with Crippen molar-refractivity contribution < 1.29 is 13.2 Å². The Labute approximate surface area is 178 Å². The van der Waals surface area contributed by atoms with Gasteiger partial charge >= 0.3 is 0 Å². The molecule has 1 aromatic heterocycles. The van der Waals surface area contributed by atoms with Gasteiger partial charge < -0.3 is 5.32 Å². The van der Waals surface area contributed by atoms with Crippen molar-refractivity contribution in [2.24, 2.45) is 0 Å². The smallest absolute Gasteiger partial charge is 0.261 e. The number of pyridine rings is 1. The summed E-state index contributed by atoms with van der Waals surface area (Å²) in [5, 5.41) is 3.29. The summed E-state index contributed by atoms with van der Waals surface area (Å²) in [5.41, 5.74) is 2.01. The topological polar surface area (TPSA) is 88.2 Å². The van der Waals surface area contributed by atoms with Crippen molar-refractivity contribution >= 4 is 44.8 Å². The Balaban J connectivity index is 1.81. The van der Waals surface area contributed by atoms with E-state index in [9.17, 15) is 13.2 Å². The molecule has 3 rings (SSSR count). The van der Waals surface area contributed by atoms with E-state index in [1.165, 1.54) is 24.3 Å². The molecule has 1 heterocycles. The van der Waals surface area contributed by atoms with Crippen LogP contribution in [0.2, 0.25) is 10.0 Å². The molecule has 0 fully saturated rings. The first-order valence-electron chi connectivity index (χ1n) is 8.52. The van der Waals surface area contributed by atoms with E-state index in [-0.39, 0.29) is 22.0 Å². The highest BCUT2D eigenvalue weighted by Crippen LogP contribution is 2.25. The summed E-state index contributed by atoms with van der Waals surface area (Å²) in [6.45, 7) is 2.05. The largest absolute Gasteiger partial charge is 0.348 e. The highest BCUT2D eigenvalue weighted by Gasteiger charge is 2.19. The average Bonchev–Trinajstić information content (AvgIpc) is 2.69. The number of carbonyl (C=O) groups is 1. The summed E-state index contributed by atoms with van der Waals surface area (Å²) in [6.07, 6.45) is 3.25. The van der Waals surface area contributed by atoms with Crippen LogP contribution in [-0.2, 0) is 16.6 Å². The molecule has 0 spiro atoms. The van der Waals surface area contributed by atoms with Crippen LogP contribution in [0.4, 0.5) is 5.69 Å². The Morgan fingerprint density at radius 3 is 2.55 bits per heavy atom. The lowest BCUT2D eigenvalue weighted by Crippen LogP contribution is -2.24. The Morgan fingerprint density at radius 1 is 1.07 bits per heavy atom. The molecular weight excluding hydrogens is 433 g/mol. The number of halogens is 2. The molecule has 6 nitrogen and oxygen atoms in total. The quantitative estimate of drug-likeness (QED) is 0.582. The fourth-order valence-corrected chi connectivity index (χ4v) is 3.96. The van der Waals surface area contributed by atoms with E-state index in [1.807, 2.05) is 13.0 Å². The maximum absolute atomic E-state index is 12.7. The molecule has 0 aliphatic heterocycles. The molecule has 150 valence electrons. The standard InChI is InChI=1S/C20H17Cl2N3O3S/c1-13-4-5-15(9-19(13)22)25-29(27,28)16-6-7-18(21)17(10-16)20(26)24-12-14-3-2-8-23-11-14/h2-11,25H,12H2,1H3,(H,24,26). The maximum atomic E-state index is 12.7. The predicted octanol–water partition coefficient (Wildman–Crippen LogP) is 4.43. The molecule has 2 aromatic carbocycles. The zero-order chi connectivity index (χ0) is 21.0. The molecule has 0 radical (unpaired) electrons. The number of hydrogen-bond acceptors (Lipinski definition) is 4. The molecule has 0 atom stereocenters. The van der Waals surface area contributed by atoms with Crippen molar-refractivity contribution in [3.8, 4) is 0 Å². The molecule has 2 N–H and O–H groups in total. The maximum Gasteiger partial charge on any atom is 0.261 e. The van der Waals surface area contributed by atoms with Gasteiger partial charge in [0.05, 0.1) is 21.2 Å². The van der Waals surface area contributed by atoms with E-state index in [0.717, 1.165) is 11.1 Å². The van der Waals surface area contributed by atoms with Crippen LogP contribution in [0.1, 0.15) is 21.5 Å². The van der Waals surface area contributed by atoms with Crippen molar-refractivity contribution in [3.63, 3.8) is 0 Å². The summed E-state index contributed by atoms with van der Waals surface area (Å²) in [4.78, 5) is 16.4. The van der Waals surface area contributed by atoms with E-state index in [0.29, 0.717) is 10.7 Å². The normalized spacial score (nSPS) is 11.1. The van der Waals surface area contributed by atoms with Gasteiger partial charge in [0.1, 0.15) is 0 Å². The highest BCUT2D eigenvalue weighted by atomic mass is 35.5. The summed E-state index contributed by atoms with van der Waals surface area (Å²) in [7, 11) is -3.94. The van der Waals surface area contributed by atoms with Gasteiger partial charge in [0.2, 0.25) is 0 Å². The Morgan fingerprint density at radius 2 is 1.86 bits per heavy atom. The van der Waals surface area contributed by atoms with Crippen molar-refractivity contribution in [1.82, 2.24) is 10.3 Å². The molecule has 3 aromatic rings. The first-order valence-corrected chi connectivity index (χ1v) is 10.8. The van der Waals surface area contributed by atoms with Crippen LogP contribution < -0.4 is 10.0 Å². The molecule has 1 amide bonds. The number of rotatable bonds is 6. The number of carbonyl (C=O) groups excluding carboxylic acids is 1. The minimum atomic E-state index is -3.94. The van der Waals surface area contributed by atoms with Crippen LogP contribution in [0, 0.1) is 6.92 Å². The molecule has 0 bridgehead atoms. The van der Waals surface area contributed by atoms with Gasteiger partial charge in [0.25, 0.3) is 15.9 Å². The van der Waals surface area contributed by atoms with Crippen LogP contribution in [0.25, 0.3) is 0 Å². The lowest BCUT2D eigenvalue weighted by molar-refractivity contribution is 0.0951. The van der Waals surface area contributed by atoms with Crippen LogP contribution in [-0.4, -0.2) is 19.3 Å².